The monoisotopic (exact) mass is 358 g/mol. The fraction of sp³-hybridized carbons (Fsp3) is 0.526. The van der Waals surface area contributed by atoms with Crippen LogP contribution in [0, 0.1) is 0 Å². The minimum Gasteiger partial charge on any atom is -0.339 e. The second kappa shape index (κ2) is 7.86. The summed E-state index contributed by atoms with van der Waals surface area (Å²) in [6, 6.07) is 6.92. The van der Waals surface area contributed by atoms with Gasteiger partial charge in [0.1, 0.15) is 0 Å². The Balaban J connectivity index is 1.59. The SMILES string of the molecule is CC(=O)N1CCN(C(=O)c2ccc(C(=O)N3CCN(C)CC3)cc2)CC1. The molecule has 2 aliphatic rings. The highest BCUT2D eigenvalue weighted by Crippen LogP contribution is 2.13. The number of piperazine rings is 2. The van der Waals surface area contributed by atoms with Gasteiger partial charge >= 0.3 is 0 Å². The molecule has 0 N–H and O–H groups in total. The molecule has 0 unspecified atom stereocenters. The molecule has 2 saturated heterocycles. The molecule has 7 nitrogen and oxygen atoms in total. The summed E-state index contributed by atoms with van der Waals surface area (Å²) in [5.41, 5.74) is 1.20. The van der Waals surface area contributed by atoms with Crippen molar-refractivity contribution in [3.8, 4) is 0 Å². The average Bonchev–Trinajstić information content (AvgIpc) is 2.67. The van der Waals surface area contributed by atoms with E-state index in [0.717, 1.165) is 26.2 Å². The van der Waals surface area contributed by atoms with Crippen LogP contribution in [0.4, 0.5) is 0 Å². The fourth-order valence-electron chi connectivity index (χ4n) is 3.35. The number of rotatable bonds is 2. The molecule has 2 fully saturated rings. The van der Waals surface area contributed by atoms with Crippen LogP contribution in [-0.2, 0) is 4.79 Å². The Morgan fingerprint density at radius 1 is 0.654 bits per heavy atom. The maximum absolute atomic E-state index is 12.6. The molecule has 0 radical (unpaired) electrons. The number of likely N-dealkylation sites (N-methyl/N-ethyl adjacent to an activating group) is 1. The van der Waals surface area contributed by atoms with E-state index in [2.05, 4.69) is 11.9 Å². The van der Waals surface area contributed by atoms with Gasteiger partial charge in [-0.15, -0.1) is 0 Å². The van der Waals surface area contributed by atoms with Gasteiger partial charge in [-0.3, -0.25) is 14.4 Å². The number of nitrogens with zero attached hydrogens (tertiary/aromatic N) is 4. The molecular formula is C19H26N4O3. The molecule has 3 amide bonds. The van der Waals surface area contributed by atoms with Crippen LogP contribution in [-0.4, -0.2) is 96.7 Å². The van der Waals surface area contributed by atoms with Gasteiger partial charge in [0, 0.05) is 70.4 Å². The number of hydrogen-bond acceptors (Lipinski definition) is 4. The molecule has 140 valence electrons. The van der Waals surface area contributed by atoms with Crippen LogP contribution in [0.15, 0.2) is 24.3 Å². The second-order valence-corrected chi connectivity index (χ2v) is 6.97. The summed E-state index contributed by atoms with van der Waals surface area (Å²) in [7, 11) is 2.05. The van der Waals surface area contributed by atoms with Gasteiger partial charge in [-0.2, -0.15) is 0 Å². The molecule has 7 heteroatoms. The molecule has 2 aliphatic heterocycles. The van der Waals surface area contributed by atoms with Crippen LogP contribution in [0.25, 0.3) is 0 Å². The van der Waals surface area contributed by atoms with E-state index >= 15 is 0 Å². The first-order valence-electron chi connectivity index (χ1n) is 9.08. The zero-order valence-corrected chi connectivity index (χ0v) is 15.5. The minimum absolute atomic E-state index is 0.0205. The predicted octanol–water partition coefficient (Wildman–Crippen LogP) is 0.379. The lowest BCUT2D eigenvalue weighted by atomic mass is 10.1. The van der Waals surface area contributed by atoms with Gasteiger partial charge in [0.15, 0.2) is 0 Å². The van der Waals surface area contributed by atoms with E-state index in [4.69, 9.17) is 0 Å². The summed E-state index contributed by atoms with van der Waals surface area (Å²) in [5.74, 6) is 0.0165. The summed E-state index contributed by atoms with van der Waals surface area (Å²) in [4.78, 5) is 44.1. The highest BCUT2D eigenvalue weighted by atomic mass is 16.2. The molecule has 0 spiro atoms. The van der Waals surface area contributed by atoms with Crippen molar-refractivity contribution in [2.45, 2.75) is 6.92 Å². The minimum atomic E-state index is -0.0493. The quantitative estimate of drug-likeness (QED) is 0.767. The number of carbonyl (C=O) groups excluding carboxylic acids is 3. The fourth-order valence-corrected chi connectivity index (χ4v) is 3.35. The topological polar surface area (TPSA) is 64.2 Å². The van der Waals surface area contributed by atoms with Crippen molar-refractivity contribution in [3.05, 3.63) is 35.4 Å². The molecule has 0 aromatic heterocycles. The van der Waals surface area contributed by atoms with E-state index in [-0.39, 0.29) is 17.7 Å². The van der Waals surface area contributed by atoms with Gasteiger partial charge in [-0.25, -0.2) is 0 Å². The number of hydrogen-bond donors (Lipinski definition) is 0. The van der Waals surface area contributed by atoms with Gasteiger partial charge in [0.2, 0.25) is 5.91 Å². The van der Waals surface area contributed by atoms with E-state index in [9.17, 15) is 14.4 Å². The molecule has 1 aromatic carbocycles. The Morgan fingerprint density at radius 3 is 1.38 bits per heavy atom. The lowest BCUT2D eigenvalue weighted by Crippen LogP contribution is -2.50. The lowest BCUT2D eigenvalue weighted by Gasteiger charge is -2.34. The van der Waals surface area contributed by atoms with Gasteiger partial charge in [-0.1, -0.05) is 0 Å². The highest BCUT2D eigenvalue weighted by molar-refractivity contribution is 5.98. The zero-order chi connectivity index (χ0) is 18.7. The smallest absolute Gasteiger partial charge is 0.253 e. The van der Waals surface area contributed by atoms with E-state index in [1.807, 2.05) is 4.90 Å². The molecule has 0 aliphatic carbocycles. The first-order valence-corrected chi connectivity index (χ1v) is 9.08. The molecule has 0 bridgehead atoms. The largest absolute Gasteiger partial charge is 0.339 e. The van der Waals surface area contributed by atoms with Crippen molar-refractivity contribution < 1.29 is 14.4 Å². The Kier molecular flexibility index (Phi) is 5.56. The van der Waals surface area contributed by atoms with Crippen LogP contribution in [0.5, 0.6) is 0 Å². The highest BCUT2D eigenvalue weighted by Gasteiger charge is 2.24. The molecule has 1 aromatic rings. The second-order valence-electron chi connectivity index (χ2n) is 6.97. The van der Waals surface area contributed by atoms with Crippen molar-refractivity contribution in [1.82, 2.24) is 19.6 Å². The third kappa shape index (κ3) is 4.04. The standard InChI is InChI=1S/C19H26N4O3/c1-15(24)21-11-13-23(14-12-21)19(26)17-5-3-16(4-6-17)18(25)22-9-7-20(2)8-10-22/h3-6H,7-14H2,1-2H3. The Labute approximate surface area is 154 Å². The van der Waals surface area contributed by atoms with Gasteiger partial charge in [-0.05, 0) is 31.3 Å². The van der Waals surface area contributed by atoms with Gasteiger partial charge in [0.05, 0.1) is 0 Å². The Morgan fingerprint density at radius 2 is 1.00 bits per heavy atom. The van der Waals surface area contributed by atoms with Crippen LogP contribution in [0.3, 0.4) is 0 Å². The lowest BCUT2D eigenvalue weighted by molar-refractivity contribution is -0.130. The number of benzene rings is 1. The molecule has 0 atom stereocenters. The molecular weight excluding hydrogens is 332 g/mol. The van der Waals surface area contributed by atoms with E-state index in [0.29, 0.717) is 37.3 Å². The van der Waals surface area contributed by atoms with E-state index in [1.54, 1.807) is 41.0 Å². The van der Waals surface area contributed by atoms with Crippen LogP contribution in [0.1, 0.15) is 27.6 Å². The third-order valence-corrected chi connectivity index (χ3v) is 5.18. The van der Waals surface area contributed by atoms with Crippen molar-refractivity contribution in [2.75, 3.05) is 59.4 Å². The summed E-state index contributed by atoms with van der Waals surface area (Å²) in [5, 5.41) is 0. The molecule has 26 heavy (non-hydrogen) atoms. The van der Waals surface area contributed by atoms with E-state index < -0.39 is 0 Å². The maximum atomic E-state index is 12.6. The number of carbonyl (C=O) groups is 3. The van der Waals surface area contributed by atoms with Crippen LogP contribution >= 0.6 is 0 Å². The zero-order valence-electron chi connectivity index (χ0n) is 15.5. The third-order valence-electron chi connectivity index (χ3n) is 5.18. The summed E-state index contributed by atoms with van der Waals surface area (Å²) in [6.45, 7) is 7.01. The van der Waals surface area contributed by atoms with Gasteiger partial charge in [0.25, 0.3) is 11.8 Å². The van der Waals surface area contributed by atoms with Crippen LogP contribution in [0.2, 0.25) is 0 Å². The van der Waals surface area contributed by atoms with Crippen LogP contribution < -0.4 is 0 Å². The summed E-state index contributed by atoms with van der Waals surface area (Å²) >= 11 is 0. The maximum Gasteiger partial charge on any atom is 0.253 e. The molecule has 0 saturated carbocycles. The molecule has 3 rings (SSSR count). The van der Waals surface area contributed by atoms with Crippen molar-refractivity contribution in [2.24, 2.45) is 0 Å². The van der Waals surface area contributed by atoms with Crippen molar-refractivity contribution in [3.63, 3.8) is 0 Å². The van der Waals surface area contributed by atoms with Gasteiger partial charge < -0.3 is 19.6 Å². The Bertz CT molecular complexity index is 673. The number of amides is 3. The summed E-state index contributed by atoms with van der Waals surface area (Å²) < 4.78 is 0. The first kappa shape index (κ1) is 18.4. The van der Waals surface area contributed by atoms with Crippen molar-refractivity contribution >= 4 is 17.7 Å². The Hall–Kier alpha value is -2.41. The normalized spacial score (nSPS) is 18.8. The average molecular weight is 358 g/mol. The predicted molar refractivity (Wildman–Crippen MR) is 98.0 cm³/mol. The summed E-state index contributed by atoms with van der Waals surface area (Å²) in [6.07, 6.45) is 0. The van der Waals surface area contributed by atoms with E-state index in [1.165, 1.54) is 0 Å². The molecule has 2 heterocycles. The van der Waals surface area contributed by atoms with Crippen molar-refractivity contribution in [1.29, 1.82) is 0 Å². The first-order chi connectivity index (χ1) is 12.5.